The monoisotopic (exact) mass is 441 g/mol. The summed E-state index contributed by atoms with van der Waals surface area (Å²) in [5.41, 5.74) is 2.38. The van der Waals surface area contributed by atoms with E-state index in [0.29, 0.717) is 31.9 Å². The van der Waals surface area contributed by atoms with Crippen LogP contribution >= 0.6 is 0 Å². The van der Waals surface area contributed by atoms with Crippen molar-refractivity contribution in [2.75, 3.05) is 51.4 Å². The number of carbonyl (C=O) groups is 1. The van der Waals surface area contributed by atoms with E-state index in [9.17, 15) is 4.79 Å². The van der Waals surface area contributed by atoms with Gasteiger partial charge in [-0.15, -0.1) is 0 Å². The van der Waals surface area contributed by atoms with Gasteiger partial charge in [0.2, 0.25) is 0 Å². The molecule has 0 aliphatic carbocycles. The molecule has 0 N–H and O–H groups in total. The molecular formula is C24H31N3O5. The first-order valence-corrected chi connectivity index (χ1v) is 11.4. The van der Waals surface area contributed by atoms with Crippen LogP contribution in [0.1, 0.15) is 37.0 Å². The molecule has 1 spiro atoms. The van der Waals surface area contributed by atoms with Gasteiger partial charge in [0.25, 0.3) is 5.91 Å². The molecule has 3 fully saturated rings. The number of ether oxygens (including phenoxy) is 4. The Kier molecular flexibility index (Phi) is 5.69. The van der Waals surface area contributed by atoms with Gasteiger partial charge in [-0.3, -0.25) is 9.78 Å². The second-order valence-electron chi connectivity index (χ2n) is 8.97. The number of benzene rings is 1. The number of anilines is 1. The second-order valence-corrected chi connectivity index (χ2v) is 8.97. The molecule has 32 heavy (non-hydrogen) atoms. The van der Waals surface area contributed by atoms with Crippen LogP contribution < -0.4 is 9.64 Å². The Labute approximate surface area is 188 Å². The molecule has 3 saturated heterocycles. The summed E-state index contributed by atoms with van der Waals surface area (Å²) < 4.78 is 23.2. The molecular weight excluding hydrogens is 410 g/mol. The van der Waals surface area contributed by atoms with Gasteiger partial charge in [-0.2, -0.15) is 0 Å². The van der Waals surface area contributed by atoms with Crippen molar-refractivity contribution in [3.8, 4) is 5.75 Å². The second kappa shape index (κ2) is 8.50. The number of rotatable bonds is 3. The third-order valence-electron chi connectivity index (χ3n) is 6.64. The molecule has 4 heterocycles. The van der Waals surface area contributed by atoms with E-state index >= 15 is 0 Å². The van der Waals surface area contributed by atoms with Crippen molar-refractivity contribution in [2.24, 2.45) is 0 Å². The summed E-state index contributed by atoms with van der Waals surface area (Å²) in [6.07, 6.45) is 3.27. The van der Waals surface area contributed by atoms with Crippen molar-refractivity contribution in [3.63, 3.8) is 0 Å². The van der Waals surface area contributed by atoms with Gasteiger partial charge in [0.05, 0.1) is 49.3 Å². The van der Waals surface area contributed by atoms with Crippen molar-refractivity contribution < 1.29 is 23.7 Å². The summed E-state index contributed by atoms with van der Waals surface area (Å²) in [5, 5.41) is 0.925. The molecule has 1 aromatic carbocycles. The Morgan fingerprint density at radius 3 is 2.47 bits per heavy atom. The Morgan fingerprint density at radius 2 is 1.81 bits per heavy atom. The van der Waals surface area contributed by atoms with Crippen molar-refractivity contribution in [3.05, 3.63) is 30.0 Å². The number of fused-ring (bicyclic) bond motifs is 1. The van der Waals surface area contributed by atoms with E-state index in [0.717, 1.165) is 48.3 Å². The maximum atomic E-state index is 13.7. The Balaban J connectivity index is 1.54. The smallest absolute Gasteiger partial charge is 0.257 e. The minimum Gasteiger partial charge on any atom is -0.497 e. The summed E-state index contributed by atoms with van der Waals surface area (Å²) in [6, 6.07) is 5.82. The molecule has 2 atom stereocenters. The Hall–Kier alpha value is -2.42. The van der Waals surface area contributed by atoms with Gasteiger partial charge in [-0.05, 0) is 32.0 Å². The van der Waals surface area contributed by atoms with Crippen LogP contribution in [0.2, 0.25) is 0 Å². The number of methoxy groups -OCH3 is 1. The average molecular weight is 442 g/mol. The highest BCUT2D eigenvalue weighted by atomic mass is 16.7. The van der Waals surface area contributed by atoms with Crippen LogP contribution in [0.5, 0.6) is 5.75 Å². The number of aromatic nitrogens is 1. The van der Waals surface area contributed by atoms with Crippen molar-refractivity contribution in [2.45, 2.75) is 44.7 Å². The first-order valence-electron chi connectivity index (χ1n) is 11.4. The summed E-state index contributed by atoms with van der Waals surface area (Å²) in [5.74, 6) is 0.263. The van der Waals surface area contributed by atoms with E-state index < -0.39 is 5.79 Å². The molecule has 0 radical (unpaired) electrons. The first kappa shape index (κ1) is 21.4. The predicted octanol–water partition coefficient (Wildman–Crippen LogP) is 2.84. The van der Waals surface area contributed by atoms with Gasteiger partial charge in [-0.1, -0.05) is 0 Å². The highest BCUT2D eigenvalue weighted by Crippen LogP contribution is 2.38. The largest absolute Gasteiger partial charge is 0.497 e. The zero-order chi connectivity index (χ0) is 22.3. The maximum absolute atomic E-state index is 13.7. The number of pyridine rings is 1. The number of piperidine rings is 1. The lowest BCUT2D eigenvalue weighted by atomic mass is 9.99. The van der Waals surface area contributed by atoms with Crippen LogP contribution in [0, 0.1) is 0 Å². The maximum Gasteiger partial charge on any atom is 0.257 e. The van der Waals surface area contributed by atoms with Crippen LogP contribution in [-0.2, 0) is 14.2 Å². The number of carbonyl (C=O) groups excluding carboxylic acids is 1. The van der Waals surface area contributed by atoms with Gasteiger partial charge >= 0.3 is 0 Å². The molecule has 2 aromatic rings. The highest BCUT2D eigenvalue weighted by molar-refractivity contribution is 6.07. The molecule has 3 aliphatic heterocycles. The molecule has 3 aliphatic rings. The lowest BCUT2D eigenvalue weighted by Crippen LogP contribution is -2.49. The molecule has 0 bridgehead atoms. The van der Waals surface area contributed by atoms with Crippen LogP contribution in [0.25, 0.3) is 10.9 Å². The standard InChI is InChI=1S/C24H31N3O5/c1-16-14-27(15-17(2)32-16)23(28)20-13-25-21-5-4-18(29-3)12-19(21)22(20)26-8-6-24(7-9-26)30-10-11-31-24/h4-5,12-13,16-17H,6-11,14-15H2,1-3H3. The Bertz CT molecular complexity index is 987. The highest BCUT2D eigenvalue weighted by Gasteiger charge is 2.41. The topological polar surface area (TPSA) is 73.4 Å². The zero-order valence-corrected chi connectivity index (χ0v) is 19.0. The summed E-state index contributed by atoms with van der Waals surface area (Å²) in [7, 11) is 1.65. The van der Waals surface area contributed by atoms with E-state index in [1.54, 1.807) is 13.3 Å². The molecule has 0 saturated carbocycles. The quantitative estimate of drug-likeness (QED) is 0.725. The molecule has 1 amide bonds. The molecule has 1 aromatic heterocycles. The third-order valence-corrected chi connectivity index (χ3v) is 6.64. The zero-order valence-electron chi connectivity index (χ0n) is 19.0. The van der Waals surface area contributed by atoms with Gasteiger partial charge in [0.15, 0.2) is 5.79 Å². The fourth-order valence-corrected chi connectivity index (χ4v) is 5.15. The molecule has 2 unspecified atom stereocenters. The summed E-state index contributed by atoms with van der Waals surface area (Å²) in [6.45, 7) is 7.93. The lowest BCUT2D eigenvalue weighted by molar-refractivity contribution is -0.169. The normalized spacial score (nSPS) is 25.5. The van der Waals surface area contributed by atoms with Gasteiger partial charge in [0, 0.05) is 50.6 Å². The fourth-order valence-electron chi connectivity index (χ4n) is 5.15. The minimum absolute atomic E-state index is 0.00571. The molecule has 5 rings (SSSR count). The number of hydrogen-bond donors (Lipinski definition) is 0. The van der Waals surface area contributed by atoms with E-state index in [-0.39, 0.29) is 18.1 Å². The number of nitrogens with zero attached hydrogens (tertiary/aromatic N) is 3. The van der Waals surface area contributed by atoms with Gasteiger partial charge < -0.3 is 28.7 Å². The molecule has 8 heteroatoms. The van der Waals surface area contributed by atoms with E-state index in [2.05, 4.69) is 9.88 Å². The first-order chi connectivity index (χ1) is 15.5. The SMILES string of the molecule is COc1ccc2ncc(C(=O)N3CC(C)OC(C)C3)c(N3CCC4(CC3)OCCO4)c2c1. The summed E-state index contributed by atoms with van der Waals surface area (Å²) >= 11 is 0. The van der Waals surface area contributed by atoms with Crippen molar-refractivity contribution >= 4 is 22.5 Å². The number of morpholine rings is 1. The van der Waals surface area contributed by atoms with E-state index in [1.165, 1.54) is 0 Å². The number of amides is 1. The molecule has 8 nitrogen and oxygen atoms in total. The average Bonchev–Trinajstić information content (AvgIpc) is 3.25. The third kappa shape index (κ3) is 3.91. The van der Waals surface area contributed by atoms with Gasteiger partial charge in [0.1, 0.15) is 5.75 Å². The van der Waals surface area contributed by atoms with Crippen LogP contribution in [0.3, 0.4) is 0 Å². The van der Waals surface area contributed by atoms with E-state index in [4.69, 9.17) is 18.9 Å². The van der Waals surface area contributed by atoms with Gasteiger partial charge in [-0.25, -0.2) is 0 Å². The van der Waals surface area contributed by atoms with Crippen molar-refractivity contribution in [1.82, 2.24) is 9.88 Å². The predicted molar refractivity (Wildman–Crippen MR) is 120 cm³/mol. The Morgan fingerprint density at radius 1 is 1.12 bits per heavy atom. The van der Waals surface area contributed by atoms with Crippen LogP contribution in [-0.4, -0.2) is 80.3 Å². The minimum atomic E-state index is -0.476. The van der Waals surface area contributed by atoms with Crippen LogP contribution in [0.15, 0.2) is 24.4 Å². The van der Waals surface area contributed by atoms with Crippen LogP contribution in [0.4, 0.5) is 5.69 Å². The fraction of sp³-hybridized carbons (Fsp3) is 0.583. The van der Waals surface area contributed by atoms with E-state index in [1.807, 2.05) is 36.9 Å². The van der Waals surface area contributed by atoms with Crippen molar-refractivity contribution in [1.29, 1.82) is 0 Å². The summed E-state index contributed by atoms with van der Waals surface area (Å²) in [4.78, 5) is 22.5. The molecule has 172 valence electrons. The number of hydrogen-bond acceptors (Lipinski definition) is 7. The lowest BCUT2D eigenvalue weighted by Gasteiger charge is -2.40.